The fraction of sp³-hybridized carbons (Fsp3) is 1.00. The summed E-state index contributed by atoms with van der Waals surface area (Å²) < 4.78 is 0. The molecule has 0 spiro atoms. The molecule has 0 aliphatic rings. The van der Waals surface area contributed by atoms with Crippen molar-refractivity contribution in [1.29, 1.82) is 0 Å². The molecule has 58 valence electrons. The van der Waals surface area contributed by atoms with Crippen molar-refractivity contribution in [2.24, 2.45) is 0 Å². The quantitative estimate of drug-likeness (QED) is 0.707. The summed E-state index contributed by atoms with van der Waals surface area (Å²) in [6, 6.07) is 0.259. The number of likely N-dealkylation sites (N-methyl/N-ethyl adjacent to an activating group) is 1. The van der Waals surface area contributed by atoms with Gasteiger partial charge in [0.05, 0.1) is 6.10 Å². The summed E-state index contributed by atoms with van der Waals surface area (Å²) in [5.74, 6) is 0. The van der Waals surface area contributed by atoms with Crippen LogP contribution in [-0.2, 0) is 0 Å². The van der Waals surface area contributed by atoms with Crippen LogP contribution in [0.1, 0.15) is 20.3 Å². The molecule has 0 saturated heterocycles. The molecular formula is C6H16BrNO. The zero-order valence-corrected chi connectivity index (χ0v) is 7.93. The SMILES string of the molecule is Br.CCC(NC)C(C)O. The van der Waals surface area contributed by atoms with Gasteiger partial charge in [-0.2, -0.15) is 0 Å². The molecule has 0 aromatic heterocycles. The van der Waals surface area contributed by atoms with Crippen LogP contribution in [0.2, 0.25) is 0 Å². The maximum atomic E-state index is 8.95. The maximum absolute atomic E-state index is 8.95. The largest absolute Gasteiger partial charge is 0.392 e. The average molecular weight is 198 g/mol. The summed E-state index contributed by atoms with van der Waals surface area (Å²) in [5, 5.41) is 12.0. The molecule has 0 aromatic rings. The van der Waals surface area contributed by atoms with Gasteiger partial charge in [0, 0.05) is 6.04 Å². The molecule has 0 saturated carbocycles. The van der Waals surface area contributed by atoms with Gasteiger partial charge in [-0.15, -0.1) is 17.0 Å². The second kappa shape index (κ2) is 6.52. The highest BCUT2D eigenvalue weighted by Crippen LogP contribution is 1.94. The van der Waals surface area contributed by atoms with E-state index in [1.54, 1.807) is 6.92 Å². The fourth-order valence-corrected chi connectivity index (χ4v) is 0.786. The van der Waals surface area contributed by atoms with Gasteiger partial charge in [0.2, 0.25) is 0 Å². The maximum Gasteiger partial charge on any atom is 0.0664 e. The van der Waals surface area contributed by atoms with E-state index in [-0.39, 0.29) is 29.1 Å². The Morgan fingerprint density at radius 1 is 1.56 bits per heavy atom. The van der Waals surface area contributed by atoms with Crippen LogP contribution in [0.3, 0.4) is 0 Å². The molecule has 2 N–H and O–H groups in total. The lowest BCUT2D eigenvalue weighted by atomic mass is 10.1. The minimum atomic E-state index is -0.231. The van der Waals surface area contributed by atoms with Gasteiger partial charge in [0.25, 0.3) is 0 Å². The third-order valence-corrected chi connectivity index (χ3v) is 1.39. The van der Waals surface area contributed by atoms with E-state index in [1.807, 2.05) is 14.0 Å². The summed E-state index contributed by atoms with van der Waals surface area (Å²) in [6.45, 7) is 3.85. The molecule has 2 atom stereocenters. The third-order valence-electron chi connectivity index (χ3n) is 1.39. The smallest absolute Gasteiger partial charge is 0.0664 e. The lowest BCUT2D eigenvalue weighted by molar-refractivity contribution is 0.147. The van der Waals surface area contributed by atoms with E-state index >= 15 is 0 Å². The molecule has 0 aliphatic heterocycles. The first kappa shape index (κ1) is 12.1. The highest BCUT2D eigenvalue weighted by Gasteiger charge is 2.07. The van der Waals surface area contributed by atoms with Crippen molar-refractivity contribution < 1.29 is 5.11 Å². The predicted molar refractivity (Wildman–Crippen MR) is 45.1 cm³/mol. The monoisotopic (exact) mass is 197 g/mol. The molecule has 2 unspecified atom stereocenters. The Morgan fingerprint density at radius 2 is 2.00 bits per heavy atom. The Bertz CT molecular complexity index is 55.0. The first-order chi connectivity index (χ1) is 3.72. The zero-order chi connectivity index (χ0) is 6.57. The highest BCUT2D eigenvalue weighted by atomic mass is 79.9. The molecule has 0 amide bonds. The van der Waals surface area contributed by atoms with Gasteiger partial charge in [0.15, 0.2) is 0 Å². The second-order valence-electron chi connectivity index (χ2n) is 2.04. The average Bonchev–Trinajstić information content (AvgIpc) is 1.69. The van der Waals surface area contributed by atoms with Crippen LogP contribution in [0.5, 0.6) is 0 Å². The van der Waals surface area contributed by atoms with Crippen LogP contribution >= 0.6 is 17.0 Å². The van der Waals surface area contributed by atoms with Crippen LogP contribution in [0.25, 0.3) is 0 Å². The number of nitrogens with one attached hydrogen (secondary N) is 1. The predicted octanol–water partition coefficient (Wildman–Crippen LogP) is 0.943. The normalized spacial score (nSPS) is 16.0. The number of aliphatic hydroxyl groups is 1. The van der Waals surface area contributed by atoms with E-state index in [9.17, 15) is 0 Å². The molecule has 9 heavy (non-hydrogen) atoms. The van der Waals surface area contributed by atoms with Crippen molar-refractivity contribution >= 4 is 17.0 Å². The number of hydrogen-bond acceptors (Lipinski definition) is 2. The van der Waals surface area contributed by atoms with E-state index in [1.165, 1.54) is 0 Å². The fourth-order valence-electron chi connectivity index (χ4n) is 0.786. The first-order valence-electron chi connectivity index (χ1n) is 3.07. The number of aliphatic hydroxyl groups excluding tert-OH is 1. The van der Waals surface area contributed by atoms with E-state index in [2.05, 4.69) is 5.32 Å². The van der Waals surface area contributed by atoms with Crippen molar-refractivity contribution in [3.8, 4) is 0 Å². The van der Waals surface area contributed by atoms with Crippen molar-refractivity contribution in [1.82, 2.24) is 5.32 Å². The van der Waals surface area contributed by atoms with Crippen LogP contribution in [0.15, 0.2) is 0 Å². The van der Waals surface area contributed by atoms with Crippen LogP contribution in [0.4, 0.5) is 0 Å². The Labute approximate surface area is 67.4 Å². The molecule has 0 heterocycles. The topological polar surface area (TPSA) is 32.3 Å². The molecular weight excluding hydrogens is 182 g/mol. The molecule has 2 nitrogen and oxygen atoms in total. The molecule has 3 heteroatoms. The lowest BCUT2D eigenvalue weighted by Crippen LogP contribution is -2.34. The summed E-state index contributed by atoms with van der Waals surface area (Å²) in [7, 11) is 1.86. The van der Waals surface area contributed by atoms with E-state index < -0.39 is 0 Å². The minimum Gasteiger partial charge on any atom is -0.392 e. The summed E-state index contributed by atoms with van der Waals surface area (Å²) >= 11 is 0. The van der Waals surface area contributed by atoms with Gasteiger partial charge in [-0.3, -0.25) is 0 Å². The summed E-state index contributed by atoms with van der Waals surface area (Å²) in [4.78, 5) is 0. The van der Waals surface area contributed by atoms with Gasteiger partial charge < -0.3 is 10.4 Å². The summed E-state index contributed by atoms with van der Waals surface area (Å²) in [5.41, 5.74) is 0. The van der Waals surface area contributed by atoms with Crippen LogP contribution in [-0.4, -0.2) is 24.3 Å². The lowest BCUT2D eigenvalue weighted by Gasteiger charge is -2.15. The van der Waals surface area contributed by atoms with Gasteiger partial charge in [-0.05, 0) is 20.4 Å². The molecule has 0 radical (unpaired) electrons. The van der Waals surface area contributed by atoms with Gasteiger partial charge >= 0.3 is 0 Å². The number of hydrogen-bond donors (Lipinski definition) is 2. The Kier molecular flexibility index (Phi) is 8.77. The van der Waals surface area contributed by atoms with E-state index in [0.29, 0.717) is 0 Å². The van der Waals surface area contributed by atoms with Gasteiger partial charge in [-0.25, -0.2) is 0 Å². The first-order valence-corrected chi connectivity index (χ1v) is 3.07. The number of halogens is 1. The molecule has 0 aliphatic carbocycles. The zero-order valence-electron chi connectivity index (χ0n) is 6.22. The van der Waals surface area contributed by atoms with E-state index in [0.717, 1.165) is 6.42 Å². The van der Waals surface area contributed by atoms with Crippen LogP contribution in [0, 0.1) is 0 Å². The van der Waals surface area contributed by atoms with Crippen molar-refractivity contribution in [3.63, 3.8) is 0 Å². The van der Waals surface area contributed by atoms with Crippen molar-refractivity contribution in [3.05, 3.63) is 0 Å². The van der Waals surface area contributed by atoms with Crippen molar-refractivity contribution in [2.75, 3.05) is 7.05 Å². The Morgan fingerprint density at radius 3 is 2.00 bits per heavy atom. The summed E-state index contributed by atoms with van der Waals surface area (Å²) in [6.07, 6.45) is 0.749. The van der Waals surface area contributed by atoms with E-state index in [4.69, 9.17) is 5.11 Å². The standard InChI is InChI=1S/C6H15NO.BrH/c1-4-6(7-3)5(2)8;/h5-8H,4H2,1-3H3;1H. The van der Waals surface area contributed by atoms with Gasteiger partial charge in [0.1, 0.15) is 0 Å². The third kappa shape index (κ3) is 4.88. The van der Waals surface area contributed by atoms with Crippen molar-refractivity contribution in [2.45, 2.75) is 32.4 Å². The van der Waals surface area contributed by atoms with Gasteiger partial charge in [-0.1, -0.05) is 6.92 Å². The Hall–Kier alpha value is 0.400. The molecule has 0 rings (SSSR count). The minimum absolute atomic E-state index is 0. The van der Waals surface area contributed by atoms with Crippen LogP contribution < -0.4 is 5.32 Å². The molecule has 0 aromatic carbocycles. The molecule has 0 bridgehead atoms. The molecule has 0 fully saturated rings. The second-order valence-corrected chi connectivity index (χ2v) is 2.04. The number of rotatable bonds is 3. The highest BCUT2D eigenvalue weighted by molar-refractivity contribution is 8.93. The Balaban J connectivity index is 0.